The molecular weight excluding hydrogens is 183 g/mol. The summed E-state index contributed by atoms with van der Waals surface area (Å²) in [7, 11) is 0. The fraction of sp³-hybridized carbons (Fsp3) is 0.778. The molecule has 1 aliphatic rings. The Kier molecular flexibility index (Phi) is 2.77. The molecule has 2 heterocycles. The molecule has 1 aliphatic heterocycles. The van der Waals surface area contributed by atoms with Gasteiger partial charge in [-0.15, -0.1) is 0 Å². The van der Waals surface area contributed by atoms with Crippen molar-refractivity contribution in [1.82, 2.24) is 14.8 Å². The van der Waals surface area contributed by atoms with Crippen LogP contribution in [0.1, 0.15) is 24.5 Å². The van der Waals surface area contributed by atoms with Crippen LogP contribution in [-0.4, -0.2) is 27.5 Å². The molecule has 1 aromatic heterocycles. The SMILES string of the molecule is NCCCc1nc2n(n1)CC(F)CC2. The van der Waals surface area contributed by atoms with E-state index in [4.69, 9.17) is 5.73 Å². The highest BCUT2D eigenvalue weighted by Gasteiger charge is 2.20. The van der Waals surface area contributed by atoms with Gasteiger partial charge in [-0.25, -0.2) is 14.1 Å². The molecule has 0 saturated carbocycles. The minimum absolute atomic E-state index is 0.366. The van der Waals surface area contributed by atoms with E-state index in [0.29, 0.717) is 25.9 Å². The van der Waals surface area contributed by atoms with Gasteiger partial charge in [0.2, 0.25) is 0 Å². The van der Waals surface area contributed by atoms with Crippen molar-refractivity contribution in [3.05, 3.63) is 11.6 Å². The van der Waals surface area contributed by atoms with E-state index in [9.17, 15) is 4.39 Å². The van der Waals surface area contributed by atoms with Crippen LogP contribution in [0.15, 0.2) is 0 Å². The van der Waals surface area contributed by atoms with Gasteiger partial charge in [0.1, 0.15) is 12.0 Å². The number of halogens is 1. The van der Waals surface area contributed by atoms with Crippen LogP contribution in [0.25, 0.3) is 0 Å². The first kappa shape index (κ1) is 9.58. The predicted octanol–water partition coefficient (Wildman–Crippen LogP) is 0.454. The van der Waals surface area contributed by atoms with E-state index in [0.717, 1.165) is 24.5 Å². The second-order valence-corrected chi connectivity index (χ2v) is 3.65. The van der Waals surface area contributed by atoms with Crippen LogP contribution < -0.4 is 5.73 Å². The quantitative estimate of drug-likeness (QED) is 0.767. The molecule has 0 spiro atoms. The van der Waals surface area contributed by atoms with Crippen molar-refractivity contribution in [3.8, 4) is 0 Å². The number of fused-ring (bicyclic) bond motifs is 1. The highest BCUT2D eigenvalue weighted by Crippen LogP contribution is 2.15. The highest BCUT2D eigenvalue weighted by molar-refractivity contribution is 4.97. The zero-order valence-corrected chi connectivity index (χ0v) is 8.12. The van der Waals surface area contributed by atoms with Gasteiger partial charge < -0.3 is 5.73 Å². The first-order valence-electron chi connectivity index (χ1n) is 5.06. The molecule has 78 valence electrons. The van der Waals surface area contributed by atoms with E-state index in [1.165, 1.54) is 0 Å². The van der Waals surface area contributed by atoms with Gasteiger partial charge in [0.25, 0.3) is 0 Å². The van der Waals surface area contributed by atoms with E-state index in [1.54, 1.807) is 4.68 Å². The Morgan fingerprint density at radius 2 is 2.43 bits per heavy atom. The number of aryl methyl sites for hydroxylation is 2. The molecule has 1 unspecified atom stereocenters. The third-order valence-corrected chi connectivity index (χ3v) is 2.45. The number of alkyl halides is 1. The lowest BCUT2D eigenvalue weighted by molar-refractivity contribution is 0.242. The highest BCUT2D eigenvalue weighted by atomic mass is 19.1. The Hall–Kier alpha value is -0.970. The number of hydrogen-bond acceptors (Lipinski definition) is 3. The van der Waals surface area contributed by atoms with Crippen LogP contribution in [-0.2, 0) is 19.4 Å². The minimum Gasteiger partial charge on any atom is -0.330 e. The van der Waals surface area contributed by atoms with Crippen molar-refractivity contribution in [2.45, 2.75) is 38.4 Å². The third-order valence-electron chi connectivity index (χ3n) is 2.45. The molecule has 1 aromatic rings. The average molecular weight is 198 g/mol. The van der Waals surface area contributed by atoms with Gasteiger partial charge in [-0.05, 0) is 19.4 Å². The summed E-state index contributed by atoms with van der Waals surface area (Å²) in [6.45, 7) is 1.01. The standard InChI is InChI=1S/C9H15FN4/c10-7-3-4-9-12-8(2-1-5-11)13-14(9)6-7/h7H,1-6,11H2. The van der Waals surface area contributed by atoms with Crippen LogP contribution in [0.3, 0.4) is 0 Å². The van der Waals surface area contributed by atoms with Gasteiger partial charge >= 0.3 is 0 Å². The number of rotatable bonds is 3. The predicted molar refractivity (Wildman–Crippen MR) is 50.6 cm³/mol. The maximum Gasteiger partial charge on any atom is 0.151 e. The van der Waals surface area contributed by atoms with E-state index in [2.05, 4.69) is 10.1 Å². The Morgan fingerprint density at radius 3 is 3.21 bits per heavy atom. The summed E-state index contributed by atoms with van der Waals surface area (Å²) in [5, 5.41) is 4.25. The molecule has 0 aromatic carbocycles. The van der Waals surface area contributed by atoms with Gasteiger partial charge in [0.15, 0.2) is 5.82 Å². The molecule has 2 N–H and O–H groups in total. The third kappa shape index (κ3) is 1.92. The summed E-state index contributed by atoms with van der Waals surface area (Å²) in [5.41, 5.74) is 5.40. The molecule has 0 fully saturated rings. The monoisotopic (exact) mass is 198 g/mol. The summed E-state index contributed by atoms with van der Waals surface area (Å²) >= 11 is 0. The summed E-state index contributed by atoms with van der Waals surface area (Å²) in [6.07, 6.45) is 2.22. The van der Waals surface area contributed by atoms with Gasteiger partial charge in [-0.3, -0.25) is 0 Å². The van der Waals surface area contributed by atoms with Crippen LogP contribution >= 0.6 is 0 Å². The molecule has 2 rings (SSSR count). The molecule has 1 atom stereocenters. The Labute approximate surface area is 82.3 Å². The topological polar surface area (TPSA) is 56.7 Å². The largest absolute Gasteiger partial charge is 0.330 e. The summed E-state index contributed by atoms with van der Waals surface area (Å²) in [5.74, 6) is 1.73. The van der Waals surface area contributed by atoms with Gasteiger partial charge in [0.05, 0.1) is 6.54 Å². The average Bonchev–Trinajstić information content (AvgIpc) is 2.56. The second kappa shape index (κ2) is 4.04. The van der Waals surface area contributed by atoms with Gasteiger partial charge in [0, 0.05) is 12.8 Å². The fourth-order valence-electron chi connectivity index (χ4n) is 1.69. The minimum atomic E-state index is -0.758. The van der Waals surface area contributed by atoms with Crippen LogP contribution in [0.2, 0.25) is 0 Å². The van der Waals surface area contributed by atoms with Crippen molar-refractivity contribution >= 4 is 0 Å². The van der Waals surface area contributed by atoms with Gasteiger partial charge in [-0.1, -0.05) is 0 Å². The van der Waals surface area contributed by atoms with E-state index in [-0.39, 0.29) is 0 Å². The molecule has 0 radical (unpaired) electrons. The lowest BCUT2D eigenvalue weighted by Crippen LogP contribution is -2.21. The lowest BCUT2D eigenvalue weighted by atomic mass is 10.1. The molecule has 0 saturated heterocycles. The number of nitrogens with zero attached hydrogens (tertiary/aromatic N) is 3. The molecule has 5 heteroatoms. The van der Waals surface area contributed by atoms with Crippen molar-refractivity contribution < 1.29 is 4.39 Å². The summed E-state index contributed by atoms with van der Waals surface area (Å²) < 4.78 is 14.7. The molecule has 0 amide bonds. The Bertz CT molecular complexity index is 310. The first-order chi connectivity index (χ1) is 6.79. The number of nitrogens with two attached hydrogens (primary N) is 1. The maximum absolute atomic E-state index is 13.0. The Balaban J connectivity index is 2.07. The van der Waals surface area contributed by atoms with E-state index >= 15 is 0 Å². The smallest absolute Gasteiger partial charge is 0.151 e. The zero-order chi connectivity index (χ0) is 9.97. The number of aromatic nitrogens is 3. The van der Waals surface area contributed by atoms with E-state index < -0.39 is 6.17 Å². The second-order valence-electron chi connectivity index (χ2n) is 3.65. The normalized spacial score (nSPS) is 20.9. The first-order valence-corrected chi connectivity index (χ1v) is 5.06. The maximum atomic E-state index is 13.0. The lowest BCUT2D eigenvalue weighted by Gasteiger charge is -2.14. The summed E-state index contributed by atoms with van der Waals surface area (Å²) in [6, 6.07) is 0. The van der Waals surface area contributed by atoms with Crippen LogP contribution in [0, 0.1) is 0 Å². The molecule has 0 bridgehead atoms. The Morgan fingerprint density at radius 1 is 1.57 bits per heavy atom. The van der Waals surface area contributed by atoms with Crippen molar-refractivity contribution in [3.63, 3.8) is 0 Å². The zero-order valence-electron chi connectivity index (χ0n) is 8.12. The van der Waals surface area contributed by atoms with Crippen molar-refractivity contribution in [1.29, 1.82) is 0 Å². The van der Waals surface area contributed by atoms with Crippen molar-refractivity contribution in [2.75, 3.05) is 6.54 Å². The molecular formula is C9H15FN4. The van der Waals surface area contributed by atoms with E-state index in [1.807, 2.05) is 0 Å². The number of hydrogen-bond donors (Lipinski definition) is 1. The summed E-state index contributed by atoms with van der Waals surface area (Å²) in [4.78, 5) is 4.35. The molecule has 0 aliphatic carbocycles. The van der Waals surface area contributed by atoms with Gasteiger partial charge in [-0.2, -0.15) is 5.10 Å². The molecule has 4 nitrogen and oxygen atoms in total. The fourth-order valence-corrected chi connectivity index (χ4v) is 1.69. The van der Waals surface area contributed by atoms with Crippen LogP contribution in [0.4, 0.5) is 4.39 Å². The van der Waals surface area contributed by atoms with Crippen molar-refractivity contribution in [2.24, 2.45) is 5.73 Å². The van der Waals surface area contributed by atoms with Crippen LogP contribution in [0.5, 0.6) is 0 Å². The molecule has 14 heavy (non-hydrogen) atoms.